The van der Waals surface area contributed by atoms with Crippen molar-refractivity contribution >= 4 is 11.6 Å². The van der Waals surface area contributed by atoms with E-state index in [1.807, 2.05) is 30.3 Å². The van der Waals surface area contributed by atoms with E-state index in [9.17, 15) is 0 Å². The van der Waals surface area contributed by atoms with Gasteiger partial charge in [-0.2, -0.15) is 0 Å². The van der Waals surface area contributed by atoms with Gasteiger partial charge in [0.2, 0.25) is 0 Å². The van der Waals surface area contributed by atoms with Gasteiger partial charge in [-0.3, -0.25) is 4.98 Å². The molecule has 0 spiro atoms. The van der Waals surface area contributed by atoms with Gasteiger partial charge in [0.05, 0.1) is 5.02 Å². The van der Waals surface area contributed by atoms with Gasteiger partial charge in [-0.15, -0.1) is 0 Å². The van der Waals surface area contributed by atoms with E-state index >= 15 is 0 Å². The maximum absolute atomic E-state index is 8.82. The van der Waals surface area contributed by atoms with Gasteiger partial charge in [-0.25, -0.2) is 0 Å². The van der Waals surface area contributed by atoms with Crippen molar-refractivity contribution in [2.24, 2.45) is 0 Å². The summed E-state index contributed by atoms with van der Waals surface area (Å²) in [6, 6.07) is 9.50. The van der Waals surface area contributed by atoms with Crippen LogP contribution in [0.4, 0.5) is 0 Å². The standard InChI is InChI=1S/C14H14ClNO2/c15-14-9-16-7-5-12(14)10-18-13-3-1-11(2-4-13)6-8-17/h1-5,7,9,17H,6,8,10H2. The van der Waals surface area contributed by atoms with Crippen molar-refractivity contribution in [3.05, 3.63) is 58.9 Å². The maximum Gasteiger partial charge on any atom is 0.119 e. The number of ether oxygens (including phenoxy) is 1. The number of hydrogen-bond donors (Lipinski definition) is 1. The largest absolute Gasteiger partial charge is 0.489 e. The first-order chi connectivity index (χ1) is 8.79. The topological polar surface area (TPSA) is 42.4 Å². The van der Waals surface area contributed by atoms with Crippen LogP contribution in [-0.2, 0) is 13.0 Å². The van der Waals surface area contributed by atoms with E-state index in [1.165, 1.54) is 0 Å². The summed E-state index contributed by atoms with van der Waals surface area (Å²) in [5.41, 5.74) is 2.00. The number of aliphatic hydroxyl groups is 1. The zero-order valence-corrected chi connectivity index (χ0v) is 10.6. The van der Waals surface area contributed by atoms with E-state index in [0.717, 1.165) is 16.9 Å². The number of pyridine rings is 1. The minimum absolute atomic E-state index is 0.160. The van der Waals surface area contributed by atoms with E-state index in [0.29, 0.717) is 18.1 Å². The Balaban J connectivity index is 1.96. The summed E-state index contributed by atoms with van der Waals surface area (Å²) < 4.78 is 5.63. The molecule has 0 radical (unpaired) electrons. The highest BCUT2D eigenvalue weighted by molar-refractivity contribution is 6.31. The van der Waals surface area contributed by atoms with Crippen LogP contribution in [0.5, 0.6) is 5.75 Å². The Morgan fingerprint density at radius 2 is 1.94 bits per heavy atom. The molecule has 1 aromatic heterocycles. The van der Waals surface area contributed by atoms with Crippen LogP contribution in [0.25, 0.3) is 0 Å². The Hall–Kier alpha value is -1.58. The van der Waals surface area contributed by atoms with Gasteiger partial charge < -0.3 is 9.84 Å². The lowest BCUT2D eigenvalue weighted by Gasteiger charge is -2.08. The van der Waals surface area contributed by atoms with Crippen molar-refractivity contribution in [3.8, 4) is 5.75 Å². The van der Waals surface area contributed by atoms with Crippen molar-refractivity contribution in [1.82, 2.24) is 4.98 Å². The van der Waals surface area contributed by atoms with Crippen LogP contribution >= 0.6 is 11.6 Å². The lowest BCUT2D eigenvalue weighted by atomic mass is 10.1. The molecular weight excluding hydrogens is 250 g/mol. The Kier molecular flexibility index (Phi) is 4.56. The van der Waals surface area contributed by atoms with Gasteiger partial charge in [0.25, 0.3) is 0 Å². The maximum atomic E-state index is 8.82. The number of halogens is 1. The monoisotopic (exact) mass is 263 g/mol. The molecular formula is C14H14ClNO2. The molecule has 18 heavy (non-hydrogen) atoms. The fourth-order valence-corrected chi connectivity index (χ4v) is 1.74. The number of benzene rings is 1. The number of nitrogens with zero attached hydrogens (tertiary/aromatic N) is 1. The van der Waals surface area contributed by atoms with Crippen LogP contribution in [0.2, 0.25) is 5.02 Å². The van der Waals surface area contributed by atoms with Crippen LogP contribution in [0, 0.1) is 0 Å². The number of hydrogen-bond acceptors (Lipinski definition) is 3. The van der Waals surface area contributed by atoms with Crippen LogP contribution in [-0.4, -0.2) is 16.7 Å². The first-order valence-electron chi connectivity index (χ1n) is 5.70. The summed E-state index contributed by atoms with van der Waals surface area (Å²) in [5, 5.41) is 9.43. The minimum atomic E-state index is 0.160. The Morgan fingerprint density at radius 3 is 2.61 bits per heavy atom. The van der Waals surface area contributed by atoms with Crippen molar-refractivity contribution in [1.29, 1.82) is 0 Å². The summed E-state index contributed by atoms with van der Waals surface area (Å²) in [7, 11) is 0. The van der Waals surface area contributed by atoms with Crippen LogP contribution in [0.3, 0.4) is 0 Å². The summed E-state index contributed by atoms with van der Waals surface area (Å²) in [6.07, 6.45) is 3.95. The second kappa shape index (κ2) is 6.38. The van der Waals surface area contributed by atoms with Crippen molar-refractivity contribution < 1.29 is 9.84 Å². The van der Waals surface area contributed by atoms with Gasteiger partial charge in [0.15, 0.2) is 0 Å². The quantitative estimate of drug-likeness (QED) is 0.902. The zero-order chi connectivity index (χ0) is 12.8. The molecule has 1 heterocycles. The predicted molar refractivity (Wildman–Crippen MR) is 70.8 cm³/mol. The van der Waals surface area contributed by atoms with E-state index in [4.69, 9.17) is 21.4 Å². The molecule has 0 atom stereocenters. The summed E-state index contributed by atoms with van der Waals surface area (Å²) in [5.74, 6) is 0.782. The first-order valence-corrected chi connectivity index (χ1v) is 6.08. The fraction of sp³-hybridized carbons (Fsp3) is 0.214. The molecule has 3 nitrogen and oxygen atoms in total. The smallest absolute Gasteiger partial charge is 0.119 e. The van der Waals surface area contributed by atoms with Crippen molar-refractivity contribution in [2.45, 2.75) is 13.0 Å². The predicted octanol–water partition coefficient (Wildman–Crippen LogP) is 2.85. The fourth-order valence-electron chi connectivity index (χ4n) is 1.56. The lowest BCUT2D eigenvalue weighted by molar-refractivity contribution is 0.298. The van der Waals surface area contributed by atoms with Crippen LogP contribution in [0.15, 0.2) is 42.7 Å². The molecule has 94 valence electrons. The van der Waals surface area contributed by atoms with Crippen LogP contribution < -0.4 is 4.74 Å². The normalized spacial score (nSPS) is 10.3. The van der Waals surface area contributed by atoms with Gasteiger partial charge in [0.1, 0.15) is 12.4 Å². The molecule has 0 aliphatic carbocycles. The molecule has 1 N–H and O–H groups in total. The van der Waals surface area contributed by atoms with E-state index < -0.39 is 0 Å². The van der Waals surface area contributed by atoms with Gasteiger partial charge in [-0.1, -0.05) is 23.7 Å². The molecule has 4 heteroatoms. The van der Waals surface area contributed by atoms with Gasteiger partial charge in [-0.05, 0) is 30.2 Å². The third kappa shape index (κ3) is 3.45. The van der Waals surface area contributed by atoms with Crippen molar-refractivity contribution in [3.63, 3.8) is 0 Å². The van der Waals surface area contributed by atoms with Crippen molar-refractivity contribution in [2.75, 3.05) is 6.61 Å². The molecule has 0 aliphatic heterocycles. The summed E-state index contributed by atoms with van der Waals surface area (Å²) >= 11 is 5.99. The molecule has 0 saturated carbocycles. The minimum Gasteiger partial charge on any atom is -0.489 e. The van der Waals surface area contributed by atoms with E-state index in [-0.39, 0.29) is 6.61 Å². The average Bonchev–Trinajstić information content (AvgIpc) is 2.40. The third-order valence-electron chi connectivity index (χ3n) is 2.57. The third-order valence-corrected chi connectivity index (χ3v) is 2.91. The Bertz CT molecular complexity index is 499. The SMILES string of the molecule is OCCc1ccc(OCc2ccncc2Cl)cc1. The highest BCUT2D eigenvalue weighted by atomic mass is 35.5. The molecule has 2 rings (SSSR count). The highest BCUT2D eigenvalue weighted by Crippen LogP contribution is 2.18. The van der Waals surface area contributed by atoms with E-state index in [2.05, 4.69) is 4.98 Å². The molecule has 0 bridgehead atoms. The highest BCUT2D eigenvalue weighted by Gasteiger charge is 2.01. The molecule has 0 fully saturated rings. The lowest BCUT2D eigenvalue weighted by Crippen LogP contribution is -1.97. The second-order valence-electron chi connectivity index (χ2n) is 3.87. The Morgan fingerprint density at radius 1 is 1.17 bits per heavy atom. The van der Waals surface area contributed by atoms with Gasteiger partial charge in [0, 0.05) is 24.6 Å². The van der Waals surface area contributed by atoms with E-state index in [1.54, 1.807) is 12.4 Å². The number of aromatic nitrogens is 1. The van der Waals surface area contributed by atoms with Crippen LogP contribution in [0.1, 0.15) is 11.1 Å². The first kappa shape index (κ1) is 12.9. The molecule has 0 saturated heterocycles. The molecule has 2 aromatic rings. The summed E-state index contributed by atoms with van der Waals surface area (Å²) in [4.78, 5) is 3.92. The zero-order valence-electron chi connectivity index (χ0n) is 9.84. The Labute approximate surface area is 111 Å². The van der Waals surface area contributed by atoms with Gasteiger partial charge >= 0.3 is 0 Å². The average molecular weight is 264 g/mol. The molecule has 0 amide bonds. The second-order valence-corrected chi connectivity index (χ2v) is 4.28. The number of rotatable bonds is 5. The molecule has 0 unspecified atom stereocenters. The molecule has 1 aromatic carbocycles. The summed E-state index contributed by atoms with van der Waals surface area (Å²) in [6.45, 7) is 0.577. The number of aliphatic hydroxyl groups excluding tert-OH is 1. The molecule has 0 aliphatic rings.